The monoisotopic (exact) mass is 373 g/mol. The van der Waals surface area contributed by atoms with Crippen LogP contribution in [0.2, 0.25) is 0 Å². The second-order valence-electron chi connectivity index (χ2n) is 5.45. The number of hydrogen-bond acceptors (Lipinski definition) is 4. The number of nitrogens with zero attached hydrogens (tertiary/aromatic N) is 1. The highest BCUT2D eigenvalue weighted by Gasteiger charge is 2.17. The molecule has 1 aromatic heterocycles. The number of methoxy groups -OCH3 is 1. The van der Waals surface area contributed by atoms with Gasteiger partial charge in [-0.25, -0.2) is 0 Å². The van der Waals surface area contributed by atoms with Gasteiger partial charge in [0.25, 0.3) is 0 Å². The Labute approximate surface area is 158 Å². The van der Waals surface area contributed by atoms with Crippen molar-refractivity contribution in [2.24, 2.45) is 0 Å². The molecule has 0 fully saturated rings. The molecule has 0 aliphatic rings. The molecule has 130 valence electrons. The maximum Gasteiger partial charge on any atom is 0.165 e. The minimum Gasteiger partial charge on any atom is -0.494 e. The maximum absolute atomic E-state index is 12.6. The standard InChI is InChI=1S/C20H19NO2S.ClH/c1-3-8-17(22)16-13-21-19-15(11-7-12-18(19)23-2)20(16)24-14-9-5-4-6-10-14;/h4-7,9-13H,3,8H2,1-2H3;1H. The van der Waals surface area contributed by atoms with Crippen molar-refractivity contribution < 1.29 is 9.53 Å². The van der Waals surface area contributed by atoms with Crippen molar-refractivity contribution in [1.82, 2.24) is 4.98 Å². The van der Waals surface area contributed by atoms with E-state index in [0.29, 0.717) is 12.0 Å². The molecule has 0 spiro atoms. The van der Waals surface area contributed by atoms with Crippen LogP contribution in [-0.2, 0) is 0 Å². The van der Waals surface area contributed by atoms with Gasteiger partial charge < -0.3 is 4.74 Å². The van der Waals surface area contributed by atoms with Crippen molar-refractivity contribution in [3.63, 3.8) is 0 Å². The van der Waals surface area contributed by atoms with E-state index in [9.17, 15) is 4.79 Å². The molecule has 0 aliphatic heterocycles. The van der Waals surface area contributed by atoms with Crippen molar-refractivity contribution in [3.8, 4) is 5.75 Å². The predicted octanol–water partition coefficient (Wildman–Crippen LogP) is 5.80. The Kier molecular flexibility index (Phi) is 6.85. The minimum atomic E-state index is 0. The number of halogens is 1. The average Bonchev–Trinajstić information content (AvgIpc) is 2.62. The van der Waals surface area contributed by atoms with E-state index in [2.05, 4.69) is 4.98 Å². The molecule has 0 bridgehead atoms. The number of carbonyl (C=O) groups excluding carboxylic acids is 1. The van der Waals surface area contributed by atoms with Crippen molar-refractivity contribution in [2.45, 2.75) is 29.6 Å². The second kappa shape index (κ2) is 8.88. The lowest BCUT2D eigenvalue weighted by atomic mass is 10.1. The third-order valence-corrected chi connectivity index (χ3v) is 4.92. The molecule has 3 nitrogen and oxygen atoms in total. The van der Waals surface area contributed by atoms with Crippen molar-refractivity contribution >= 4 is 40.9 Å². The largest absolute Gasteiger partial charge is 0.494 e. The number of aromatic nitrogens is 1. The number of pyridine rings is 1. The van der Waals surface area contributed by atoms with Crippen LogP contribution in [0.1, 0.15) is 30.1 Å². The third kappa shape index (κ3) is 4.14. The third-order valence-electron chi connectivity index (χ3n) is 3.77. The van der Waals surface area contributed by atoms with E-state index in [1.165, 1.54) is 0 Å². The van der Waals surface area contributed by atoms with E-state index >= 15 is 0 Å². The van der Waals surface area contributed by atoms with Crippen molar-refractivity contribution in [3.05, 3.63) is 60.3 Å². The Morgan fingerprint density at radius 3 is 2.56 bits per heavy atom. The minimum absolute atomic E-state index is 0. The lowest BCUT2D eigenvalue weighted by Crippen LogP contribution is -2.03. The number of carbonyl (C=O) groups is 1. The van der Waals surface area contributed by atoms with E-state index in [1.807, 2.05) is 55.5 Å². The summed E-state index contributed by atoms with van der Waals surface area (Å²) >= 11 is 1.60. The van der Waals surface area contributed by atoms with Crippen LogP contribution in [0.3, 0.4) is 0 Å². The highest BCUT2D eigenvalue weighted by atomic mass is 35.5. The predicted molar refractivity (Wildman–Crippen MR) is 105 cm³/mol. The van der Waals surface area contributed by atoms with Gasteiger partial charge in [-0.2, -0.15) is 0 Å². The number of benzene rings is 2. The van der Waals surface area contributed by atoms with Gasteiger partial charge in [0.1, 0.15) is 11.3 Å². The summed E-state index contributed by atoms with van der Waals surface area (Å²) in [6.45, 7) is 2.01. The SMILES string of the molecule is CCCC(=O)c1cnc2c(OC)cccc2c1Sc1ccccc1.Cl. The molecule has 0 saturated carbocycles. The van der Waals surface area contributed by atoms with Gasteiger partial charge in [-0.1, -0.05) is 49.0 Å². The van der Waals surface area contributed by atoms with E-state index in [0.717, 1.165) is 32.9 Å². The molecule has 2 aromatic carbocycles. The van der Waals surface area contributed by atoms with Gasteiger partial charge in [0.05, 0.1) is 12.7 Å². The first kappa shape index (κ1) is 19.3. The number of fused-ring (bicyclic) bond motifs is 1. The summed E-state index contributed by atoms with van der Waals surface area (Å²) in [5.41, 5.74) is 1.47. The van der Waals surface area contributed by atoms with Gasteiger partial charge >= 0.3 is 0 Å². The zero-order valence-corrected chi connectivity index (χ0v) is 15.8. The van der Waals surface area contributed by atoms with Gasteiger partial charge in [0.15, 0.2) is 5.78 Å². The van der Waals surface area contributed by atoms with Crippen LogP contribution in [0.15, 0.2) is 64.5 Å². The molecular weight excluding hydrogens is 354 g/mol. The molecule has 0 aliphatic carbocycles. The van der Waals surface area contributed by atoms with E-state index in [4.69, 9.17) is 4.74 Å². The fourth-order valence-corrected chi connectivity index (χ4v) is 3.69. The zero-order chi connectivity index (χ0) is 16.9. The average molecular weight is 374 g/mol. The molecule has 1 heterocycles. The van der Waals surface area contributed by atoms with Crippen molar-refractivity contribution in [1.29, 1.82) is 0 Å². The topological polar surface area (TPSA) is 39.2 Å². The first-order valence-electron chi connectivity index (χ1n) is 7.96. The summed E-state index contributed by atoms with van der Waals surface area (Å²) in [5.74, 6) is 0.852. The molecule has 0 N–H and O–H groups in total. The van der Waals surface area contributed by atoms with Gasteiger partial charge in [0, 0.05) is 27.8 Å². The lowest BCUT2D eigenvalue weighted by molar-refractivity contribution is 0.0979. The molecule has 0 unspecified atom stereocenters. The number of hydrogen-bond donors (Lipinski definition) is 0. The molecule has 0 radical (unpaired) electrons. The number of ketones is 1. The molecular formula is C20H20ClNO2S. The van der Waals surface area contributed by atoms with Crippen LogP contribution < -0.4 is 4.74 Å². The molecule has 5 heteroatoms. The molecule has 0 atom stereocenters. The number of para-hydroxylation sites is 1. The zero-order valence-electron chi connectivity index (χ0n) is 14.2. The van der Waals surface area contributed by atoms with Crippen LogP contribution in [-0.4, -0.2) is 17.9 Å². The first-order chi connectivity index (χ1) is 11.7. The molecule has 3 aromatic rings. The van der Waals surface area contributed by atoms with Crippen LogP contribution in [0.5, 0.6) is 5.75 Å². The quantitative estimate of drug-likeness (QED) is 0.512. The van der Waals surface area contributed by atoms with Crippen LogP contribution in [0.4, 0.5) is 0 Å². The smallest absolute Gasteiger partial charge is 0.165 e. The highest BCUT2D eigenvalue weighted by molar-refractivity contribution is 7.99. The summed E-state index contributed by atoms with van der Waals surface area (Å²) in [6, 6.07) is 15.9. The Morgan fingerprint density at radius 1 is 1.12 bits per heavy atom. The van der Waals surface area contributed by atoms with Crippen LogP contribution in [0.25, 0.3) is 10.9 Å². The maximum atomic E-state index is 12.6. The number of rotatable bonds is 6. The highest BCUT2D eigenvalue weighted by Crippen LogP contribution is 2.38. The fourth-order valence-electron chi connectivity index (χ4n) is 2.61. The summed E-state index contributed by atoms with van der Waals surface area (Å²) in [7, 11) is 1.64. The van der Waals surface area contributed by atoms with Gasteiger partial charge in [-0.05, 0) is 24.6 Å². The Balaban J connectivity index is 0.00000225. The summed E-state index contributed by atoms with van der Waals surface area (Å²) in [5, 5.41) is 0.949. The number of Topliss-reactive ketones (excluding diaryl/α,β-unsaturated/α-hetero) is 1. The normalized spacial score (nSPS) is 10.3. The summed E-state index contributed by atoms with van der Waals surface area (Å²) in [4.78, 5) is 19.1. The van der Waals surface area contributed by atoms with Crippen molar-refractivity contribution in [2.75, 3.05) is 7.11 Å². The molecule has 0 amide bonds. The Morgan fingerprint density at radius 2 is 1.88 bits per heavy atom. The Hall–Kier alpha value is -2.04. The summed E-state index contributed by atoms with van der Waals surface area (Å²) < 4.78 is 5.42. The molecule has 3 rings (SSSR count). The lowest BCUT2D eigenvalue weighted by Gasteiger charge is -2.13. The van der Waals surface area contributed by atoms with Gasteiger partial charge in [-0.15, -0.1) is 12.4 Å². The van der Waals surface area contributed by atoms with E-state index in [1.54, 1.807) is 25.1 Å². The van der Waals surface area contributed by atoms with Gasteiger partial charge in [-0.3, -0.25) is 9.78 Å². The molecule has 0 saturated heterocycles. The second-order valence-corrected chi connectivity index (χ2v) is 6.53. The van der Waals surface area contributed by atoms with E-state index < -0.39 is 0 Å². The van der Waals surface area contributed by atoms with Crippen LogP contribution >= 0.6 is 24.2 Å². The van der Waals surface area contributed by atoms with E-state index in [-0.39, 0.29) is 18.2 Å². The molecule has 25 heavy (non-hydrogen) atoms. The summed E-state index contributed by atoms with van der Waals surface area (Å²) in [6.07, 6.45) is 3.04. The fraction of sp³-hybridized carbons (Fsp3) is 0.200. The first-order valence-corrected chi connectivity index (χ1v) is 8.78. The van der Waals surface area contributed by atoms with Crippen LogP contribution in [0, 0.1) is 0 Å². The number of ether oxygens (including phenoxy) is 1. The Bertz CT molecular complexity index is 868. The van der Waals surface area contributed by atoms with Gasteiger partial charge in [0.2, 0.25) is 0 Å².